The largest absolute Gasteiger partial charge is 0.0616 e. The van der Waals surface area contributed by atoms with E-state index in [1.165, 1.54) is 295 Å². The highest BCUT2D eigenvalue weighted by Crippen LogP contribution is 2.58. The van der Waals surface area contributed by atoms with E-state index >= 15 is 0 Å². The van der Waals surface area contributed by atoms with Gasteiger partial charge in [-0.25, -0.2) is 0 Å². The first kappa shape index (κ1) is 76.7. The molecule has 3 aliphatic carbocycles. The highest BCUT2D eigenvalue weighted by molar-refractivity contribution is 6.32. The minimum atomic E-state index is -0.112. The molecule has 27 aromatic carbocycles. The maximum absolute atomic E-state index is 2.49. The zero-order chi connectivity index (χ0) is 88.8. The van der Waals surface area contributed by atoms with Crippen molar-refractivity contribution in [3.05, 3.63) is 484 Å². The average Bonchev–Trinajstić information content (AvgIpc) is 1.07. The van der Waals surface area contributed by atoms with Gasteiger partial charge in [0.2, 0.25) is 0 Å². The van der Waals surface area contributed by atoms with Gasteiger partial charge in [0.15, 0.2) is 0 Å². The van der Waals surface area contributed by atoms with Gasteiger partial charge in [-0.1, -0.05) is 475 Å². The Balaban J connectivity index is 0.000000101. The van der Waals surface area contributed by atoms with Gasteiger partial charge < -0.3 is 0 Å². The van der Waals surface area contributed by atoms with Crippen LogP contribution in [0.3, 0.4) is 0 Å². The molecular formula is C135H84. The van der Waals surface area contributed by atoms with Crippen LogP contribution in [0.2, 0.25) is 0 Å². The van der Waals surface area contributed by atoms with E-state index in [0.717, 1.165) is 0 Å². The van der Waals surface area contributed by atoms with E-state index < -0.39 is 0 Å². The Bertz CT molecular complexity index is 9650. The molecule has 0 unspecified atom stereocenters. The Labute approximate surface area is 781 Å². The Morgan fingerprint density at radius 3 is 0.785 bits per heavy atom. The van der Waals surface area contributed by atoms with Gasteiger partial charge in [0.1, 0.15) is 0 Å². The Morgan fingerprint density at radius 1 is 0.126 bits per heavy atom. The lowest BCUT2D eigenvalue weighted by Gasteiger charge is -2.24. The number of rotatable bonds is 6. The van der Waals surface area contributed by atoms with Crippen LogP contribution in [0.25, 0.3) is 284 Å². The van der Waals surface area contributed by atoms with Crippen molar-refractivity contribution in [1.29, 1.82) is 0 Å². The van der Waals surface area contributed by atoms with Gasteiger partial charge in [0.05, 0.1) is 0 Å². The highest BCUT2D eigenvalue weighted by atomic mass is 14.4. The van der Waals surface area contributed by atoms with Gasteiger partial charge in [-0.2, -0.15) is 0 Å². The van der Waals surface area contributed by atoms with Crippen molar-refractivity contribution in [1.82, 2.24) is 0 Å². The minimum Gasteiger partial charge on any atom is -0.0616 e. The van der Waals surface area contributed by atoms with E-state index in [9.17, 15) is 0 Å². The molecular weight excluding hydrogens is 1620 g/mol. The monoisotopic (exact) mass is 1700 g/mol. The third-order valence-corrected chi connectivity index (χ3v) is 30.4. The van der Waals surface area contributed by atoms with E-state index in [-0.39, 0.29) is 5.41 Å². The molecule has 135 heavy (non-hydrogen) atoms. The molecule has 0 fully saturated rings. The Kier molecular flexibility index (Phi) is 17.0. The van der Waals surface area contributed by atoms with Crippen LogP contribution in [0.4, 0.5) is 0 Å². The van der Waals surface area contributed by atoms with Crippen molar-refractivity contribution in [3.63, 3.8) is 0 Å². The SMILES string of the molecule is CC1(C)c2cc(-c3c4ccccc4c(-c4cccc5c4ccc4ccccc45)c4ccccc34)ccc2-c2ccc3ccccc3c21.c1cc2c3c(cccc3c1)-c1cc(-c3c4ccccc4c(-c4cccc5c4ccc4ccccc45)c4ccccc34)ccc1-2.c1ccc2c(c1)-c1cccc3c(-c4c5ccccc5c(-c5cccc6c5ccc5ccccc56)c5ccccc45)ccc-2c13. The molecule has 0 heteroatoms. The first-order valence-corrected chi connectivity index (χ1v) is 47.3. The molecule has 3 aliphatic rings. The summed E-state index contributed by atoms with van der Waals surface area (Å²) in [5.41, 5.74) is 31.6. The van der Waals surface area contributed by atoms with Crippen LogP contribution in [0.5, 0.6) is 0 Å². The normalized spacial score (nSPS) is 12.6. The summed E-state index contributed by atoms with van der Waals surface area (Å²) in [6.07, 6.45) is 0. The second kappa shape index (κ2) is 29.9. The molecule has 27 aromatic rings. The summed E-state index contributed by atoms with van der Waals surface area (Å²) < 4.78 is 0. The molecule has 0 atom stereocenters. The molecule has 0 aromatic heterocycles. The van der Waals surface area contributed by atoms with Crippen molar-refractivity contribution >= 4 is 162 Å². The minimum absolute atomic E-state index is 0.112. The summed E-state index contributed by atoms with van der Waals surface area (Å²) in [6.45, 7) is 4.80. The zero-order valence-electron chi connectivity index (χ0n) is 74.5. The van der Waals surface area contributed by atoms with Gasteiger partial charge in [-0.3, -0.25) is 0 Å². The second-order valence-corrected chi connectivity index (χ2v) is 37.6. The van der Waals surface area contributed by atoms with E-state index in [2.05, 4.69) is 487 Å². The molecule has 30 rings (SSSR count). The van der Waals surface area contributed by atoms with Crippen LogP contribution < -0.4 is 0 Å². The lowest BCUT2D eigenvalue weighted by molar-refractivity contribution is 0.666. The smallest absolute Gasteiger partial charge is 0.0165 e. The van der Waals surface area contributed by atoms with Crippen LogP contribution in [-0.4, -0.2) is 0 Å². The van der Waals surface area contributed by atoms with Gasteiger partial charge in [0.25, 0.3) is 0 Å². The van der Waals surface area contributed by atoms with Crippen molar-refractivity contribution < 1.29 is 0 Å². The third kappa shape index (κ3) is 11.5. The lowest BCUT2D eigenvalue weighted by atomic mass is 9.79. The van der Waals surface area contributed by atoms with Crippen LogP contribution in [0.1, 0.15) is 25.0 Å². The summed E-state index contributed by atoms with van der Waals surface area (Å²) >= 11 is 0. The van der Waals surface area contributed by atoms with Gasteiger partial charge in [0, 0.05) is 5.41 Å². The fourth-order valence-electron chi connectivity index (χ4n) is 24.7. The predicted molar refractivity (Wildman–Crippen MR) is 581 cm³/mol. The van der Waals surface area contributed by atoms with E-state index in [0.29, 0.717) is 0 Å². The first-order valence-electron chi connectivity index (χ1n) is 47.3. The fourth-order valence-corrected chi connectivity index (χ4v) is 24.7. The molecule has 0 amide bonds. The maximum atomic E-state index is 2.49. The van der Waals surface area contributed by atoms with E-state index in [1.54, 1.807) is 0 Å². The van der Waals surface area contributed by atoms with Crippen LogP contribution >= 0.6 is 0 Å². The summed E-state index contributed by atoms with van der Waals surface area (Å²) in [7, 11) is 0. The molecule has 0 N–H and O–H groups in total. The van der Waals surface area contributed by atoms with Gasteiger partial charge in [-0.15, -0.1) is 0 Å². The third-order valence-electron chi connectivity index (χ3n) is 30.4. The van der Waals surface area contributed by atoms with Crippen molar-refractivity contribution in [3.8, 4) is 122 Å². The molecule has 0 radical (unpaired) electrons. The first-order chi connectivity index (χ1) is 66.8. The van der Waals surface area contributed by atoms with Crippen molar-refractivity contribution in [2.75, 3.05) is 0 Å². The molecule has 0 nitrogen and oxygen atoms in total. The number of benzene rings is 27. The summed E-state index contributed by atoms with van der Waals surface area (Å²) in [5, 5.41) is 38.9. The maximum Gasteiger partial charge on any atom is 0.0165 e. The van der Waals surface area contributed by atoms with E-state index in [1.807, 2.05) is 0 Å². The van der Waals surface area contributed by atoms with Crippen molar-refractivity contribution in [2.45, 2.75) is 19.3 Å². The van der Waals surface area contributed by atoms with E-state index in [4.69, 9.17) is 0 Å². The van der Waals surface area contributed by atoms with Crippen LogP contribution in [-0.2, 0) is 5.41 Å². The van der Waals surface area contributed by atoms with Gasteiger partial charge in [-0.05, 0) is 307 Å². The standard InChI is InChI=1S/C47H32.2C44H26/c1-47(2)43-28-31(24-26-36(43)42-27-23-30-13-4-6-15-33(30)46(42)47)44-38-16-7-9-18-40(38)45(41-19-10-8-17-39(41)44)37-21-11-20-34-32-14-5-3-12-29(32)22-25-35(34)37;1-2-13-30-27(10-1)22-24-32-31(30)18-9-21-35(32)44-38-16-5-3-14-36(38)43(37-15-4-6-17-39(37)44)29-23-25-33-34-19-7-11-28-12-8-20-40(42(28)34)41(33)26-29;1-2-12-28-27(11-1)23-24-32-29(28)19-9-20-34(32)42-35-15-5-7-17-37(35)44(38-18-8-6-16-36(38)42)41-26-25-40-31-14-4-3-13-30(31)33-21-10-22-39(41)43(33)40/h3-28H,1-2H3;2*1-26H. The summed E-state index contributed by atoms with van der Waals surface area (Å²) in [6, 6.07) is 176. The molecule has 0 saturated heterocycles. The predicted octanol–water partition coefficient (Wildman–Crippen LogP) is 38.0. The lowest BCUT2D eigenvalue weighted by Crippen LogP contribution is -2.15. The highest BCUT2D eigenvalue weighted by Gasteiger charge is 2.38. The molecule has 624 valence electrons. The number of fused-ring (bicyclic) bond motifs is 26. The molecule has 0 aliphatic heterocycles. The summed E-state index contributed by atoms with van der Waals surface area (Å²) in [5.74, 6) is 0. The summed E-state index contributed by atoms with van der Waals surface area (Å²) in [4.78, 5) is 0. The number of hydrogen-bond acceptors (Lipinski definition) is 0. The number of hydrogen-bond donors (Lipinski definition) is 0. The van der Waals surface area contributed by atoms with Gasteiger partial charge >= 0.3 is 0 Å². The molecule has 0 saturated carbocycles. The molecule has 0 heterocycles. The fraction of sp³-hybridized carbons (Fsp3) is 0.0222. The van der Waals surface area contributed by atoms with Crippen molar-refractivity contribution in [2.24, 2.45) is 0 Å². The van der Waals surface area contributed by atoms with Crippen LogP contribution in [0.15, 0.2) is 473 Å². The quantitative estimate of drug-likeness (QED) is 0.115. The average molecular weight is 1710 g/mol. The Morgan fingerprint density at radius 2 is 0.370 bits per heavy atom. The molecule has 0 spiro atoms. The second-order valence-electron chi connectivity index (χ2n) is 37.6. The zero-order valence-corrected chi connectivity index (χ0v) is 74.5. The van der Waals surface area contributed by atoms with Crippen LogP contribution in [0, 0.1) is 0 Å². The molecule has 0 bridgehead atoms. The topological polar surface area (TPSA) is 0 Å². The Hall–Kier alpha value is -17.2.